The minimum absolute atomic E-state index is 0.111. The molecule has 25 heavy (non-hydrogen) atoms. The number of aromatic nitrogens is 3. The van der Waals surface area contributed by atoms with Gasteiger partial charge < -0.3 is 14.3 Å². The summed E-state index contributed by atoms with van der Waals surface area (Å²) in [6.45, 7) is 0.361. The Hall–Kier alpha value is -1.96. The van der Waals surface area contributed by atoms with Gasteiger partial charge in [-0.15, -0.1) is 10.2 Å². The number of rotatable bonds is 6. The number of hydrogen-bond acceptors (Lipinski definition) is 5. The molecule has 6 nitrogen and oxygen atoms in total. The summed E-state index contributed by atoms with van der Waals surface area (Å²) in [6.07, 6.45) is 1.57. The molecular weight excluding hydrogens is 383 g/mol. The molecule has 9 heteroatoms. The van der Waals surface area contributed by atoms with Crippen LogP contribution in [-0.4, -0.2) is 26.4 Å². The van der Waals surface area contributed by atoms with Gasteiger partial charge in [0.05, 0.1) is 28.6 Å². The zero-order valence-electron chi connectivity index (χ0n) is 13.2. The van der Waals surface area contributed by atoms with E-state index in [9.17, 15) is 4.79 Å². The molecule has 0 aliphatic carbocycles. The highest BCUT2D eigenvalue weighted by molar-refractivity contribution is 7.99. The maximum Gasteiger partial charge on any atom is 0.230 e. The number of furan rings is 1. The number of carbonyl (C=O) groups is 1. The second kappa shape index (κ2) is 7.95. The van der Waals surface area contributed by atoms with E-state index in [1.807, 2.05) is 17.7 Å². The molecule has 0 unspecified atom stereocenters. The van der Waals surface area contributed by atoms with E-state index in [-0.39, 0.29) is 11.7 Å². The predicted octanol–water partition coefficient (Wildman–Crippen LogP) is 3.79. The fourth-order valence-electron chi connectivity index (χ4n) is 2.11. The molecule has 2 heterocycles. The SMILES string of the molecule is Cn1c(SCC(=O)NCc2ccco2)nnc1-c1ccc(Cl)c(Cl)c1. The monoisotopic (exact) mass is 396 g/mol. The van der Waals surface area contributed by atoms with Gasteiger partial charge in [0.25, 0.3) is 0 Å². The van der Waals surface area contributed by atoms with E-state index in [2.05, 4.69) is 15.5 Å². The highest BCUT2D eigenvalue weighted by atomic mass is 35.5. The summed E-state index contributed by atoms with van der Waals surface area (Å²) in [6, 6.07) is 8.85. The minimum Gasteiger partial charge on any atom is -0.467 e. The van der Waals surface area contributed by atoms with Crippen LogP contribution in [0.2, 0.25) is 10.0 Å². The molecule has 1 aromatic carbocycles. The van der Waals surface area contributed by atoms with Gasteiger partial charge >= 0.3 is 0 Å². The van der Waals surface area contributed by atoms with E-state index in [0.29, 0.717) is 33.3 Å². The van der Waals surface area contributed by atoms with Crippen molar-refractivity contribution in [2.24, 2.45) is 7.05 Å². The fraction of sp³-hybridized carbons (Fsp3) is 0.188. The second-order valence-electron chi connectivity index (χ2n) is 5.14. The molecule has 0 fully saturated rings. The Morgan fingerprint density at radius 1 is 1.28 bits per heavy atom. The van der Waals surface area contributed by atoms with Crippen molar-refractivity contribution in [2.75, 3.05) is 5.75 Å². The van der Waals surface area contributed by atoms with Gasteiger partial charge in [0.1, 0.15) is 5.76 Å². The molecule has 0 saturated carbocycles. The first-order chi connectivity index (χ1) is 12.0. The number of hydrogen-bond donors (Lipinski definition) is 1. The smallest absolute Gasteiger partial charge is 0.230 e. The Labute approximate surface area is 158 Å². The molecule has 0 atom stereocenters. The summed E-state index contributed by atoms with van der Waals surface area (Å²) in [5.74, 6) is 1.48. The molecule has 0 aliphatic heterocycles. The lowest BCUT2D eigenvalue weighted by Gasteiger charge is -2.05. The molecule has 0 bridgehead atoms. The number of benzene rings is 1. The van der Waals surface area contributed by atoms with Crippen LogP contribution in [0.25, 0.3) is 11.4 Å². The molecule has 3 rings (SSSR count). The van der Waals surface area contributed by atoms with Gasteiger partial charge in [-0.2, -0.15) is 0 Å². The van der Waals surface area contributed by atoms with Crippen LogP contribution in [0.15, 0.2) is 46.2 Å². The number of thioether (sulfide) groups is 1. The number of nitrogens with zero attached hydrogens (tertiary/aromatic N) is 3. The standard InChI is InChI=1S/C16H14Cl2N4O2S/c1-22-15(10-4-5-12(17)13(18)7-10)20-21-16(22)25-9-14(23)19-8-11-3-2-6-24-11/h2-7H,8-9H2,1H3,(H,19,23). The molecule has 1 N–H and O–H groups in total. The number of amides is 1. The van der Waals surface area contributed by atoms with Gasteiger partial charge in [-0.1, -0.05) is 35.0 Å². The topological polar surface area (TPSA) is 73.0 Å². The lowest BCUT2D eigenvalue weighted by molar-refractivity contribution is -0.118. The highest BCUT2D eigenvalue weighted by Crippen LogP contribution is 2.28. The molecule has 0 radical (unpaired) electrons. The fourth-order valence-corrected chi connectivity index (χ4v) is 3.15. The van der Waals surface area contributed by atoms with Crippen LogP contribution in [0.3, 0.4) is 0 Å². The molecule has 2 aromatic heterocycles. The maximum atomic E-state index is 11.9. The third kappa shape index (κ3) is 4.36. The van der Waals surface area contributed by atoms with Crippen LogP contribution in [-0.2, 0) is 18.4 Å². The minimum atomic E-state index is -0.111. The molecule has 0 aliphatic rings. The summed E-state index contributed by atoms with van der Waals surface area (Å²) in [5.41, 5.74) is 0.804. The Morgan fingerprint density at radius 2 is 2.12 bits per heavy atom. The van der Waals surface area contributed by atoms with Crippen molar-refractivity contribution in [3.8, 4) is 11.4 Å². The van der Waals surface area contributed by atoms with Gasteiger partial charge in [-0.05, 0) is 30.3 Å². The van der Waals surface area contributed by atoms with E-state index in [0.717, 1.165) is 5.56 Å². The van der Waals surface area contributed by atoms with Crippen LogP contribution in [0.1, 0.15) is 5.76 Å². The summed E-state index contributed by atoms with van der Waals surface area (Å²) >= 11 is 13.3. The number of halogens is 2. The average Bonchev–Trinajstić information content (AvgIpc) is 3.24. The summed E-state index contributed by atoms with van der Waals surface area (Å²) < 4.78 is 6.98. The Bertz CT molecular complexity index is 880. The third-order valence-electron chi connectivity index (χ3n) is 3.38. The lowest BCUT2D eigenvalue weighted by atomic mass is 10.2. The zero-order chi connectivity index (χ0) is 17.8. The predicted molar refractivity (Wildman–Crippen MR) is 97.7 cm³/mol. The van der Waals surface area contributed by atoms with Gasteiger partial charge in [0.15, 0.2) is 11.0 Å². The van der Waals surface area contributed by atoms with Crippen molar-refractivity contribution in [3.05, 3.63) is 52.4 Å². The Kier molecular flexibility index (Phi) is 5.67. The molecule has 130 valence electrons. The summed E-state index contributed by atoms with van der Waals surface area (Å²) in [7, 11) is 1.83. The van der Waals surface area contributed by atoms with Gasteiger partial charge in [0.2, 0.25) is 5.91 Å². The lowest BCUT2D eigenvalue weighted by Crippen LogP contribution is -2.24. The summed E-state index contributed by atoms with van der Waals surface area (Å²) in [5, 5.41) is 12.6. The molecule has 1 amide bonds. The molecule has 0 saturated heterocycles. The third-order valence-corrected chi connectivity index (χ3v) is 5.14. The van der Waals surface area contributed by atoms with Crippen LogP contribution in [0.5, 0.6) is 0 Å². The summed E-state index contributed by atoms with van der Waals surface area (Å²) in [4.78, 5) is 11.9. The van der Waals surface area contributed by atoms with E-state index in [1.165, 1.54) is 11.8 Å². The normalized spacial score (nSPS) is 10.8. The first-order valence-electron chi connectivity index (χ1n) is 7.31. The Balaban J connectivity index is 1.61. The number of carbonyl (C=O) groups excluding carboxylic acids is 1. The van der Waals surface area contributed by atoms with Gasteiger partial charge in [0, 0.05) is 12.6 Å². The Morgan fingerprint density at radius 3 is 2.84 bits per heavy atom. The van der Waals surface area contributed by atoms with Crippen molar-refractivity contribution in [2.45, 2.75) is 11.7 Å². The average molecular weight is 397 g/mol. The van der Waals surface area contributed by atoms with E-state index >= 15 is 0 Å². The first-order valence-corrected chi connectivity index (χ1v) is 9.05. The quantitative estimate of drug-likeness (QED) is 0.641. The molecule has 0 spiro atoms. The number of nitrogens with one attached hydrogen (secondary N) is 1. The van der Waals surface area contributed by atoms with Crippen molar-refractivity contribution in [1.29, 1.82) is 0 Å². The maximum absolute atomic E-state index is 11.9. The van der Waals surface area contributed by atoms with Crippen LogP contribution >= 0.6 is 35.0 Å². The van der Waals surface area contributed by atoms with Crippen molar-refractivity contribution in [1.82, 2.24) is 20.1 Å². The van der Waals surface area contributed by atoms with Crippen molar-refractivity contribution >= 4 is 40.9 Å². The van der Waals surface area contributed by atoms with Crippen molar-refractivity contribution in [3.63, 3.8) is 0 Å². The second-order valence-corrected chi connectivity index (χ2v) is 6.90. The van der Waals surface area contributed by atoms with E-state index in [1.54, 1.807) is 30.5 Å². The van der Waals surface area contributed by atoms with Crippen LogP contribution < -0.4 is 5.32 Å². The molecule has 3 aromatic rings. The van der Waals surface area contributed by atoms with E-state index in [4.69, 9.17) is 27.6 Å². The first kappa shape index (κ1) is 17.8. The highest BCUT2D eigenvalue weighted by Gasteiger charge is 2.14. The molecular formula is C16H14Cl2N4O2S. The van der Waals surface area contributed by atoms with Crippen LogP contribution in [0, 0.1) is 0 Å². The van der Waals surface area contributed by atoms with Gasteiger partial charge in [-0.3, -0.25) is 4.79 Å². The van der Waals surface area contributed by atoms with Gasteiger partial charge in [-0.25, -0.2) is 0 Å². The van der Waals surface area contributed by atoms with Crippen molar-refractivity contribution < 1.29 is 9.21 Å². The van der Waals surface area contributed by atoms with E-state index < -0.39 is 0 Å². The largest absolute Gasteiger partial charge is 0.467 e. The zero-order valence-corrected chi connectivity index (χ0v) is 15.5. The van der Waals surface area contributed by atoms with Crippen LogP contribution in [0.4, 0.5) is 0 Å².